The molecule has 0 spiro atoms. The van der Waals surface area contributed by atoms with E-state index in [1.54, 1.807) is 11.3 Å². The second kappa shape index (κ2) is 6.17. The van der Waals surface area contributed by atoms with Crippen LogP contribution in [-0.4, -0.2) is 12.6 Å². The maximum Gasteiger partial charge on any atom is 0.123 e. The molecule has 4 heteroatoms. The van der Waals surface area contributed by atoms with Gasteiger partial charge < -0.3 is 10.1 Å². The second-order valence-corrected chi connectivity index (χ2v) is 6.39. The average molecular weight is 308 g/mol. The minimum absolute atomic E-state index is 0.120. The molecule has 0 fully saturated rings. The van der Waals surface area contributed by atoms with E-state index in [0.717, 1.165) is 30.2 Å². The summed E-state index contributed by atoms with van der Waals surface area (Å²) in [6.45, 7) is 3.14. The van der Waals surface area contributed by atoms with Crippen LogP contribution >= 0.6 is 22.9 Å². The molecule has 2 atom stereocenters. The van der Waals surface area contributed by atoms with Crippen molar-refractivity contribution in [1.82, 2.24) is 5.32 Å². The summed E-state index contributed by atoms with van der Waals surface area (Å²) >= 11 is 8.02. The van der Waals surface area contributed by atoms with Gasteiger partial charge in [-0.2, -0.15) is 0 Å². The lowest BCUT2D eigenvalue weighted by atomic mass is 10.0. The summed E-state index contributed by atoms with van der Waals surface area (Å²) < 4.78 is 6.13. The number of halogens is 1. The molecule has 0 bridgehead atoms. The van der Waals surface area contributed by atoms with Gasteiger partial charge in [-0.15, -0.1) is 11.3 Å². The minimum atomic E-state index is 0.120. The summed E-state index contributed by atoms with van der Waals surface area (Å²) in [4.78, 5) is 1.18. The Balaban J connectivity index is 1.83. The molecule has 1 aliphatic rings. The molecular formula is C16H18ClNOS. The highest BCUT2D eigenvalue weighted by molar-refractivity contribution is 7.10. The fraction of sp³-hybridized carbons (Fsp3) is 0.375. The van der Waals surface area contributed by atoms with E-state index < -0.39 is 0 Å². The number of rotatable bonds is 5. The average Bonchev–Trinajstić information content (AvgIpc) is 3.06. The zero-order valence-electron chi connectivity index (χ0n) is 11.4. The highest BCUT2D eigenvalue weighted by atomic mass is 35.5. The van der Waals surface area contributed by atoms with E-state index in [0.29, 0.717) is 0 Å². The largest absolute Gasteiger partial charge is 0.488 e. The van der Waals surface area contributed by atoms with Crippen molar-refractivity contribution in [3.63, 3.8) is 0 Å². The van der Waals surface area contributed by atoms with E-state index in [2.05, 4.69) is 24.4 Å². The van der Waals surface area contributed by atoms with Crippen molar-refractivity contribution in [1.29, 1.82) is 0 Å². The van der Waals surface area contributed by atoms with Gasteiger partial charge in [0.15, 0.2) is 0 Å². The first-order valence-corrected chi connectivity index (χ1v) is 8.26. The van der Waals surface area contributed by atoms with Crippen LogP contribution < -0.4 is 10.1 Å². The predicted molar refractivity (Wildman–Crippen MR) is 84.9 cm³/mol. The van der Waals surface area contributed by atoms with Gasteiger partial charge in [-0.1, -0.05) is 36.7 Å². The fourth-order valence-electron chi connectivity index (χ4n) is 2.61. The van der Waals surface area contributed by atoms with Crippen LogP contribution in [0.15, 0.2) is 35.7 Å². The van der Waals surface area contributed by atoms with Crippen molar-refractivity contribution in [2.24, 2.45) is 0 Å². The first kappa shape index (κ1) is 13.9. The van der Waals surface area contributed by atoms with Crippen molar-refractivity contribution < 1.29 is 4.74 Å². The Labute approximate surface area is 128 Å². The number of fused-ring (bicyclic) bond motifs is 1. The van der Waals surface area contributed by atoms with E-state index in [-0.39, 0.29) is 12.1 Å². The van der Waals surface area contributed by atoms with Crippen LogP contribution in [0, 0.1) is 0 Å². The molecule has 2 heterocycles. The highest BCUT2D eigenvalue weighted by Gasteiger charge is 2.32. The second-order valence-electron chi connectivity index (χ2n) is 5.03. The Morgan fingerprint density at radius 2 is 2.25 bits per heavy atom. The van der Waals surface area contributed by atoms with Crippen LogP contribution in [0.1, 0.15) is 29.8 Å². The molecule has 0 saturated heterocycles. The molecule has 0 saturated carbocycles. The lowest BCUT2D eigenvalue weighted by Crippen LogP contribution is -2.35. The maximum atomic E-state index is 6.32. The summed E-state index contributed by atoms with van der Waals surface area (Å²) in [7, 11) is 0. The zero-order valence-corrected chi connectivity index (χ0v) is 13.0. The van der Waals surface area contributed by atoms with E-state index in [1.165, 1.54) is 10.4 Å². The summed E-state index contributed by atoms with van der Waals surface area (Å²) in [6.07, 6.45) is 2.15. The van der Waals surface area contributed by atoms with Crippen LogP contribution in [0.2, 0.25) is 5.02 Å². The number of nitrogens with one attached hydrogen (secondary N) is 1. The molecule has 0 amide bonds. The van der Waals surface area contributed by atoms with E-state index in [4.69, 9.17) is 16.3 Å². The van der Waals surface area contributed by atoms with Gasteiger partial charge >= 0.3 is 0 Å². The molecule has 0 radical (unpaired) electrons. The van der Waals surface area contributed by atoms with Gasteiger partial charge in [0, 0.05) is 11.3 Å². The molecule has 2 aromatic rings. The Morgan fingerprint density at radius 3 is 2.95 bits per heavy atom. The van der Waals surface area contributed by atoms with Crippen LogP contribution in [0.4, 0.5) is 0 Å². The Morgan fingerprint density at radius 1 is 1.40 bits per heavy atom. The van der Waals surface area contributed by atoms with Gasteiger partial charge in [0.25, 0.3) is 0 Å². The van der Waals surface area contributed by atoms with Crippen LogP contribution in [0.5, 0.6) is 5.75 Å². The molecule has 2 unspecified atom stereocenters. The van der Waals surface area contributed by atoms with Gasteiger partial charge in [-0.3, -0.25) is 0 Å². The normalized spacial score (nSPS) is 18.6. The van der Waals surface area contributed by atoms with Crippen LogP contribution in [-0.2, 0) is 6.42 Å². The van der Waals surface area contributed by atoms with E-state index in [1.807, 2.05) is 23.6 Å². The van der Waals surface area contributed by atoms with Gasteiger partial charge in [0.1, 0.15) is 11.9 Å². The first-order chi connectivity index (χ1) is 9.79. The van der Waals surface area contributed by atoms with Crippen molar-refractivity contribution >= 4 is 22.9 Å². The Hall–Kier alpha value is -1.03. The molecular weight excluding hydrogens is 290 g/mol. The first-order valence-electron chi connectivity index (χ1n) is 7.00. The van der Waals surface area contributed by atoms with Crippen LogP contribution in [0.3, 0.4) is 0 Å². The van der Waals surface area contributed by atoms with Crippen molar-refractivity contribution in [2.45, 2.75) is 31.9 Å². The summed E-state index contributed by atoms with van der Waals surface area (Å²) in [6, 6.07) is 10.4. The number of ether oxygens (including phenoxy) is 1. The molecule has 106 valence electrons. The lowest BCUT2D eigenvalue weighted by molar-refractivity contribution is 0.180. The maximum absolute atomic E-state index is 6.32. The lowest BCUT2D eigenvalue weighted by Gasteiger charge is -2.24. The number of hydrogen-bond acceptors (Lipinski definition) is 3. The Kier molecular flexibility index (Phi) is 4.29. The zero-order chi connectivity index (χ0) is 13.9. The minimum Gasteiger partial charge on any atom is -0.488 e. The smallest absolute Gasteiger partial charge is 0.123 e. The number of thiophene rings is 1. The molecule has 1 aliphatic heterocycles. The third-order valence-corrected chi connectivity index (χ3v) is 5.03. The SMILES string of the molecule is CCCNC(c1sccc1Cl)C1Cc2ccccc2O1. The number of para-hydroxylation sites is 1. The highest BCUT2D eigenvalue weighted by Crippen LogP contribution is 2.38. The van der Waals surface area contributed by atoms with Gasteiger partial charge in [0.05, 0.1) is 11.1 Å². The molecule has 1 aromatic carbocycles. The van der Waals surface area contributed by atoms with Gasteiger partial charge in [-0.25, -0.2) is 0 Å². The molecule has 0 aliphatic carbocycles. The summed E-state index contributed by atoms with van der Waals surface area (Å²) in [5.74, 6) is 1.01. The topological polar surface area (TPSA) is 21.3 Å². The standard InChI is InChI=1S/C16H18ClNOS/c1-2-8-18-15(16-12(17)7-9-20-16)14-10-11-5-3-4-6-13(11)19-14/h3-7,9,14-15,18H,2,8,10H2,1H3. The summed E-state index contributed by atoms with van der Waals surface area (Å²) in [5, 5.41) is 6.47. The molecule has 20 heavy (non-hydrogen) atoms. The Bertz CT molecular complexity index is 558. The van der Waals surface area contributed by atoms with Crippen molar-refractivity contribution in [3.8, 4) is 5.75 Å². The van der Waals surface area contributed by atoms with Crippen molar-refractivity contribution in [2.75, 3.05) is 6.54 Å². The molecule has 3 rings (SSSR count). The van der Waals surface area contributed by atoms with E-state index in [9.17, 15) is 0 Å². The van der Waals surface area contributed by atoms with E-state index >= 15 is 0 Å². The summed E-state index contributed by atoms with van der Waals surface area (Å²) in [5.41, 5.74) is 1.29. The third-order valence-electron chi connectivity index (χ3n) is 3.59. The molecule has 2 nitrogen and oxygen atoms in total. The number of hydrogen-bond donors (Lipinski definition) is 1. The van der Waals surface area contributed by atoms with Crippen LogP contribution in [0.25, 0.3) is 0 Å². The molecule has 1 N–H and O–H groups in total. The third kappa shape index (κ3) is 2.71. The quantitative estimate of drug-likeness (QED) is 0.881. The monoisotopic (exact) mass is 307 g/mol. The predicted octanol–water partition coefficient (Wildman–Crippen LogP) is 4.45. The molecule has 1 aromatic heterocycles. The van der Waals surface area contributed by atoms with Crippen molar-refractivity contribution in [3.05, 3.63) is 51.2 Å². The number of benzene rings is 1. The fourth-order valence-corrected chi connectivity index (χ4v) is 3.92. The van der Waals surface area contributed by atoms with Gasteiger partial charge in [-0.05, 0) is 36.0 Å². The van der Waals surface area contributed by atoms with Gasteiger partial charge in [0.2, 0.25) is 0 Å².